The monoisotopic (exact) mass is 432 g/mol. The molecule has 1 aromatic carbocycles. The molecule has 1 amide bonds. The van der Waals surface area contributed by atoms with Crippen molar-refractivity contribution in [3.8, 4) is 22.8 Å². The summed E-state index contributed by atoms with van der Waals surface area (Å²) in [5, 5.41) is 7.68. The summed E-state index contributed by atoms with van der Waals surface area (Å²) in [6.45, 7) is 0.194. The van der Waals surface area contributed by atoms with Gasteiger partial charge in [0, 0.05) is 30.1 Å². The third-order valence-electron chi connectivity index (χ3n) is 5.99. The Morgan fingerprint density at radius 3 is 2.50 bits per heavy atom. The molecule has 5 rings (SSSR count). The van der Waals surface area contributed by atoms with Crippen molar-refractivity contribution in [2.24, 2.45) is 0 Å². The number of nitrogens with zero attached hydrogens (tertiary/aromatic N) is 3. The molecule has 3 aromatic rings. The molecule has 1 unspecified atom stereocenters. The molecule has 1 aliphatic heterocycles. The van der Waals surface area contributed by atoms with Crippen LogP contribution in [-0.2, 0) is 4.79 Å². The number of amides is 1. The van der Waals surface area contributed by atoms with Gasteiger partial charge in [-0.1, -0.05) is 12.1 Å². The molecule has 3 heterocycles. The molecule has 1 aliphatic carbocycles. The minimum absolute atomic E-state index is 0.0126. The lowest BCUT2D eigenvalue weighted by Crippen LogP contribution is -2.48. The maximum Gasteiger partial charge on any atom is 0.267 e. The van der Waals surface area contributed by atoms with E-state index in [1.165, 1.54) is 0 Å². The van der Waals surface area contributed by atoms with E-state index < -0.39 is 6.10 Å². The van der Waals surface area contributed by atoms with E-state index in [1.54, 1.807) is 35.3 Å². The Morgan fingerprint density at radius 1 is 0.969 bits per heavy atom. The first-order valence-corrected chi connectivity index (χ1v) is 10.9. The van der Waals surface area contributed by atoms with E-state index in [4.69, 9.17) is 9.47 Å². The van der Waals surface area contributed by atoms with Gasteiger partial charge in [0.15, 0.2) is 11.5 Å². The number of benzene rings is 1. The number of para-hydroxylation sites is 2. The molecule has 0 spiro atoms. The van der Waals surface area contributed by atoms with Crippen molar-refractivity contribution in [1.29, 1.82) is 0 Å². The van der Waals surface area contributed by atoms with E-state index in [2.05, 4.69) is 15.4 Å². The fourth-order valence-electron chi connectivity index (χ4n) is 4.27. The molecule has 0 bridgehead atoms. The van der Waals surface area contributed by atoms with Crippen LogP contribution in [0.3, 0.4) is 0 Å². The van der Waals surface area contributed by atoms with Crippen LogP contribution in [0.5, 0.6) is 11.5 Å². The van der Waals surface area contributed by atoms with Crippen molar-refractivity contribution < 1.29 is 14.3 Å². The summed E-state index contributed by atoms with van der Waals surface area (Å²) in [5.74, 6) is 1.07. The van der Waals surface area contributed by atoms with Crippen LogP contribution in [0.25, 0.3) is 11.3 Å². The molecule has 8 nitrogen and oxygen atoms in total. The Morgan fingerprint density at radius 2 is 1.72 bits per heavy atom. The zero-order valence-corrected chi connectivity index (χ0v) is 17.5. The maximum atomic E-state index is 12.7. The zero-order chi connectivity index (χ0) is 21.9. The van der Waals surface area contributed by atoms with Crippen LogP contribution < -0.4 is 20.3 Å². The van der Waals surface area contributed by atoms with Crippen LogP contribution in [0.15, 0.2) is 65.7 Å². The summed E-state index contributed by atoms with van der Waals surface area (Å²) in [5.41, 5.74) is 1.56. The van der Waals surface area contributed by atoms with Gasteiger partial charge in [0.25, 0.3) is 11.5 Å². The highest BCUT2D eigenvalue weighted by Gasteiger charge is 2.31. The molecular weight excluding hydrogens is 408 g/mol. The van der Waals surface area contributed by atoms with Gasteiger partial charge in [0.05, 0.1) is 11.7 Å². The van der Waals surface area contributed by atoms with E-state index in [0.717, 1.165) is 36.9 Å². The summed E-state index contributed by atoms with van der Waals surface area (Å²) in [4.78, 5) is 29.2. The summed E-state index contributed by atoms with van der Waals surface area (Å²) in [7, 11) is 0. The number of fused-ring (bicyclic) bond motifs is 1. The number of carbonyl (C=O) groups excluding carboxylic acids is 1. The molecule has 0 radical (unpaired) electrons. The fraction of sp³-hybridized carbons (Fsp3) is 0.333. The first-order valence-electron chi connectivity index (χ1n) is 10.9. The number of pyridine rings is 1. The van der Waals surface area contributed by atoms with Gasteiger partial charge >= 0.3 is 0 Å². The number of carbonyl (C=O) groups is 1. The maximum absolute atomic E-state index is 12.7. The molecule has 0 saturated heterocycles. The van der Waals surface area contributed by atoms with Gasteiger partial charge in [-0.25, -0.2) is 4.68 Å². The van der Waals surface area contributed by atoms with Gasteiger partial charge in [0.2, 0.25) is 6.10 Å². The third kappa shape index (κ3) is 4.21. The van der Waals surface area contributed by atoms with E-state index in [-0.39, 0.29) is 30.2 Å². The van der Waals surface area contributed by atoms with Gasteiger partial charge in [-0.2, -0.15) is 5.10 Å². The third-order valence-corrected chi connectivity index (χ3v) is 5.99. The lowest BCUT2D eigenvalue weighted by atomic mass is 9.91. The molecule has 164 valence electrons. The van der Waals surface area contributed by atoms with Crippen LogP contribution in [0.4, 0.5) is 0 Å². The molecule has 2 aromatic heterocycles. The zero-order valence-electron chi connectivity index (χ0n) is 17.5. The first kappa shape index (κ1) is 20.2. The number of hydrogen-bond donors (Lipinski definition) is 1. The Bertz CT molecular complexity index is 1160. The highest BCUT2D eigenvalue weighted by Crippen LogP contribution is 2.31. The minimum Gasteiger partial charge on any atom is -0.485 e. The molecule has 1 N–H and O–H groups in total. The number of aromatic nitrogens is 3. The Hall–Kier alpha value is -3.68. The summed E-state index contributed by atoms with van der Waals surface area (Å²) >= 11 is 0. The number of nitrogens with one attached hydrogen (secondary N) is 1. The fourth-order valence-corrected chi connectivity index (χ4v) is 4.27. The van der Waals surface area contributed by atoms with Gasteiger partial charge in [-0.3, -0.25) is 14.6 Å². The summed E-state index contributed by atoms with van der Waals surface area (Å²) in [6.07, 6.45) is 5.83. The second-order valence-electron chi connectivity index (χ2n) is 8.12. The molecule has 32 heavy (non-hydrogen) atoms. The Balaban J connectivity index is 1.20. The largest absolute Gasteiger partial charge is 0.485 e. The SMILES string of the molecule is O=C(NC1CCC(n2nc(-c3ccncc3)ccc2=O)CC1)C1COc2ccccc2O1. The smallest absolute Gasteiger partial charge is 0.267 e. The van der Waals surface area contributed by atoms with Gasteiger partial charge in [-0.15, -0.1) is 0 Å². The highest BCUT2D eigenvalue weighted by atomic mass is 16.6. The van der Waals surface area contributed by atoms with Crippen molar-refractivity contribution in [3.05, 3.63) is 71.3 Å². The standard InChI is InChI=1S/C24H24N4O4/c29-23-10-9-19(16-11-13-25-14-12-16)27-28(23)18-7-5-17(6-8-18)26-24(30)22-15-31-20-3-1-2-4-21(20)32-22/h1-4,9-14,17-18,22H,5-8,15H2,(H,26,30). The van der Waals surface area contributed by atoms with E-state index in [9.17, 15) is 9.59 Å². The van der Waals surface area contributed by atoms with Crippen molar-refractivity contribution in [1.82, 2.24) is 20.1 Å². The van der Waals surface area contributed by atoms with Crippen molar-refractivity contribution in [2.75, 3.05) is 6.61 Å². The number of rotatable bonds is 4. The average Bonchev–Trinajstić information content (AvgIpc) is 2.85. The Labute approximate surface area is 185 Å². The summed E-state index contributed by atoms with van der Waals surface area (Å²) in [6, 6.07) is 14.4. The highest BCUT2D eigenvalue weighted by molar-refractivity contribution is 5.82. The topological polar surface area (TPSA) is 95.3 Å². The van der Waals surface area contributed by atoms with E-state index in [1.807, 2.05) is 30.3 Å². The van der Waals surface area contributed by atoms with Gasteiger partial charge in [0.1, 0.15) is 6.61 Å². The lowest BCUT2D eigenvalue weighted by Gasteiger charge is -2.31. The minimum atomic E-state index is -0.663. The van der Waals surface area contributed by atoms with E-state index in [0.29, 0.717) is 11.5 Å². The molecule has 1 fully saturated rings. The average molecular weight is 432 g/mol. The quantitative estimate of drug-likeness (QED) is 0.681. The first-order chi connectivity index (χ1) is 15.7. The molecule has 2 aliphatic rings. The van der Waals surface area contributed by atoms with Crippen LogP contribution in [-0.4, -0.2) is 39.4 Å². The molecule has 1 saturated carbocycles. The lowest BCUT2D eigenvalue weighted by molar-refractivity contribution is -0.131. The van der Waals surface area contributed by atoms with Crippen LogP contribution in [0, 0.1) is 0 Å². The van der Waals surface area contributed by atoms with E-state index >= 15 is 0 Å². The van der Waals surface area contributed by atoms with Crippen LogP contribution in [0.2, 0.25) is 0 Å². The normalized spacial score (nSPS) is 22.2. The van der Waals surface area contributed by atoms with Crippen molar-refractivity contribution >= 4 is 5.91 Å². The molecule has 1 atom stereocenters. The second kappa shape index (κ2) is 8.82. The predicted octanol–water partition coefficient (Wildman–Crippen LogP) is 2.75. The second-order valence-corrected chi connectivity index (χ2v) is 8.12. The van der Waals surface area contributed by atoms with Crippen LogP contribution in [0.1, 0.15) is 31.7 Å². The van der Waals surface area contributed by atoms with Crippen molar-refractivity contribution in [2.45, 2.75) is 43.9 Å². The van der Waals surface area contributed by atoms with Gasteiger partial charge in [-0.05, 0) is 56.0 Å². The Kier molecular flexibility index (Phi) is 5.58. The predicted molar refractivity (Wildman–Crippen MR) is 118 cm³/mol. The van der Waals surface area contributed by atoms with Crippen LogP contribution >= 0.6 is 0 Å². The van der Waals surface area contributed by atoms with Gasteiger partial charge < -0.3 is 14.8 Å². The number of hydrogen-bond acceptors (Lipinski definition) is 6. The van der Waals surface area contributed by atoms with Crippen molar-refractivity contribution in [3.63, 3.8) is 0 Å². The summed E-state index contributed by atoms with van der Waals surface area (Å²) < 4.78 is 13.0. The molecular formula is C24H24N4O4. The number of ether oxygens (including phenoxy) is 2. The molecule has 8 heteroatoms.